The van der Waals surface area contributed by atoms with Gasteiger partial charge in [-0.15, -0.1) is 0 Å². The Bertz CT molecular complexity index is 2820. The first-order valence-electron chi connectivity index (χ1n) is 18.9. The summed E-state index contributed by atoms with van der Waals surface area (Å²) in [6, 6.07) is 74.6. The van der Waals surface area contributed by atoms with Crippen molar-refractivity contribution in [3.05, 3.63) is 212 Å². The van der Waals surface area contributed by atoms with Crippen LogP contribution in [0, 0.1) is 0 Å². The molecule has 0 aliphatic heterocycles. The van der Waals surface area contributed by atoms with Gasteiger partial charge in [0.05, 0.1) is 0 Å². The predicted octanol–water partition coefficient (Wildman–Crippen LogP) is 13.8. The lowest BCUT2D eigenvalue weighted by molar-refractivity contribution is 1.08. The lowest BCUT2D eigenvalue weighted by atomic mass is 9.85. The van der Waals surface area contributed by atoms with Crippen LogP contribution in [0.2, 0.25) is 0 Å². The van der Waals surface area contributed by atoms with Crippen molar-refractivity contribution in [2.45, 2.75) is 0 Å². The van der Waals surface area contributed by atoms with E-state index in [9.17, 15) is 0 Å². The molecule has 0 bridgehead atoms. The number of fused-ring (bicyclic) bond motifs is 2. The largest absolute Gasteiger partial charge is 0.208 e. The molecule has 262 valence electrons. The lowest BCUT2D eigenvalue weighted by Crippen LogP contribution is -2.02. The fourth-order valence-corrected chi connectivity index (χ4v) is 7.86. The molecule has 0 aliphatic carbocycles. The van der Waals surface area contributed by atoms with Gasteiger partial charge in [-0.25, -0.2) is 15.0 Å². The molecular weight excluding hydrogens is 679 g/mol. The summed E-state index contributed by atoms with van der Waals surface area (Å²) in [7, 11) is 0. The molecular formula is C53H35N3. The molecule has 0 radical (unpaired) electrons. The van der Waals surface area contributed by atoms with E-state index in [1.54, 1.807) is 0 Å². The Balaban J connectivity index is 1.20. The van der Waals surface area contributed by atoms with Gasteiger partial charge in [0.2, 0.25) is 0 Å². The third kappa shape index (κ3) is 6.12. The number of hydrogen-bond donors (Lipinski definition) is 0. The quantitative estimate of drug-likeness (QED) is 0.154. The Labute approximate surface area is 326 Å². The van der Waals surface area contributed by atoms with Gasteiger partial charge in [0.25, 0.3) is 0 Å². The van der Waals surface area contributed by atoms with Crippen molar-refractivity contribution >= 4 is 21.5 Å². The minimum absolute atomic E-state index is 0.628. The Morgan fingerprint density at radius 1 is 0.196 bits per heavy atom. The molecule has 3 nitrogen and oxygen atoms in total. The molecule has 0 atom stereocenters. The molecule has 1 heterocycles. The second-order valence-corrected chi connectivity index (χ2v) is 13.9. The van der Waals surface area contributed by atoms with E-state index in [1.165, 1.54) is 33.4 Å². The zero-order valence-corrected chi connectivity index (χ0v) is 30.5. The van der Waals surface area contributed by atoms with Gasteiger partial charge in [0, 0.05) is 16.7 Å². The van der Waals surface area contributed by atoms with Gasteiger partial charge in [-0.3, -0.25) is 0 Å². The van der Waals surface area contributed by atoms with E-state index in [0.717, 1.165) is 49.4 Å². The van der Waals surface area contributed by atoms with Gasteiger partial charge in [0.1, 0.15) is 0 Å². The van der Waals surface area contributed by atoms with Gasteiger partial charge >= 0.3 is 0 Å². The molecule has 10 aromatic rings. The van der Waals surface area contributed by atoms with E-state index >= 15 is 0 Å². The van der Waals surface area contributed by atoms with E-state index in [1.807, 2.05) is 12.1 Å². The van der Waals surface area contributed by atoms with Gasteiger partial charge in [-0.2, -0.15) is 0 Å². The summed E-state index contributed by atoms with van der Waals surface area (Å²) in [5.74, 6) is 1.89. The minimum atomic E-state index is 0.628. The molecule has 0 saturated heterocycles. The first kappa shape index (κ1) is 33.1. The van der Waals surface area contributed by atoms with Gasteiger partial charge in [-0.05, 0) is 66.1 Å². The van der Waals surface area contributed by atoms with Gasteiger partial charge < -0.3 is 0 Å². The van der Waals surface area contributed by atoms with E-state index in [4.69, 9.17) is 15.0 Å². The van der Waals surface area contributed by atoms with Crippen molar-refractivity contribution in [3.63, 3.8) is 0 Å². The summed E-state index contributed by atoms with van der Waals surface area (Å²) in [5, 5.41) is 4.47. The molecule has 10 rings (SSSR count). The summed E-state index contributed by atoms with van der Waals surface area (Å²) in [6.45, 7) is 0. The highest BCUT2D eigenvalue weighted by Gasteiger charge is 2.22. The number of rotatable bonds is 7. The fraction of sp³-hybridized carbons (Fsp3) is 0. The maximum Gasteiger partial charge on any atom is 0.165 e. The highest BCUT2D eigenvalue weighted by atomic mass is 15.0. The molecule has 0 aliphatic rings. The van der Waals surface area contributed by atoms with Crippen molar-refractivity contribution in [2.24, 2.45) is 0 Å². The third-order valence-corrected chi connectivity index (χ3v) is 10.6. The monoisotopic (exact) mass is 713 g/mol. The predicted molar refractivity (Wildman–Crippen MR) is 233 cm³/mol. The molecule has 0 amide bonds. The van der Waals surface area contributed by atoms with Crippen LogP contribution in [0.1, 0.15) is 0 Å². The van der Waals surface area contributed by atoms with Gasteiger partial charge in [-0.1, -0.05) is 212 Å². The zero-order valence-electron chi connectivity index (χ0n) is 30.5. The average Bonchev–Trinajstić information content (AvgIpc) is 3.29. The van der Waals surface area contributed by atoms with Crippen molar-refractivity contribution in [1.29, 1.82) is 0 Å². The van der Waals surface area contributed by atoms with Crippen molar-refractivity contribution in [3.8, 4) is 78.7 Å². The van der Waals surface area contributed by atoms with Crippen LogP contribution in [0.3, 0.4) is 0 Å². The van der Waals surface area contributed by atoms with Crippen molar-refractivity contribution in [1.82, 2.24) is 15.0 Å². The van der Waals surface area contributed by atoms with Crippen LogP contribution >= 0.6 is 0 Å². The SMILES string of the molecule is c1ccc(-c2ccc(-c3nc(-c4ccc(-c5ccccc5)cc4)nc(-c4c5ccccc5c(-c5ccccc5-c5ccccc5)c5ccccc45)n3)cc2)cc1. The van der Waals surface area contributed by atoms with Crippen molar-refractivity contribution in [2.75, 3.05) is 0 Å². The number of benzene rings is 9. The number of hydrogen-bond acceptors (Lipinski definition) is 3. The van der Waals surface area contributed by atoms with Crippen LogP contribution in [0.25, 0.3) is 100 Å². The molecule has 56 heavy (non-hydrogen) atoms. The Morgan fingerprint density at radius 3 is 0.946 bits per heavy atom. The topological polar surface area (TPSA) is 38.7 Å². The van der Waals surface area contributed by atoms with E-state index in [-0.39, 0.29) is 0 Å². The molecule has 1 aromatic heterocycles. The smallest absolute Gasteiger partial charge is 0.165 e. The van der Waals surface area contributed by atoms with Crippen LogP contribution in [0.15, 0.2) is 212 Å². The molecule has 3 heteroatoms. The molecule has 9 aromatic carbocycles. The van der Waals surface area contributed by atoms with Gasteiger partial charge in [0.15, 0.2) is 17.5 Å². The van der Waals surface area contributed by atoms with E-state index in [2.05, 4.69) is 200 Å². The zero-order chi connectivity index (χ0) is 37.3. The first-order valence-corrected chi connectivity index (χ1v) is 18.9. The van der Waals surface area contributed by atoms with Crippen LogP contribution < -0.4 is 0 Å². The third-order valence-electron chi connectivity index (χ3n) is 10.6. The maximum atomic E-state index is 5.31. The maximum absolute atomic E-state index is 5.31. The van der Waals surface area contributed by atoms with Crippen LogP contribution in [-0.4, -0.2) is 15.0 Å². The Kier molecular flexibility index (Phi) is 8.51. The minimum Gasteiger partial charge on any atom is -0.208 e. The molecule has 0 spiro atoms. The lowest BCUT2D eigenvalue weighted by Gasteiger charge is -2.19. The Morgan fingerprint density at radius 2 is 0.500 bits per heavy atom. The Hall–Kier alpha value is -7.49. The summed E-state index contributed by atoms with van der Waals surface area (Å²) >= 11 is 0. The fourth-order valence-electron chi connectivity index (χ4n) is 7.86. The summed E-state index contributed by atoms with van der Waals surface area (Å²) in [5.41, 5.74) is 12.2. The van der Waals surface area contributed by atoms with Crippen LogP contribution in [0.4, 0.5) is 0 Å². The second-order valence-electron chi connectivity index (χ2n) is 13.9. The normalized spacial score (nSPS) is 11.2. The first-order chi connectivity index (χ1) is 27.8. The summed E-state index contributed by atoms with van der Waals surface area (Å²) in [4.78, 5) is 15.8. The molecule has 0 fully saturated rings. The standard InChI is InChI=1S/C53H35N3/c1-4-16-36(17-5-1)38-28-32-41(33-29-38)51-54-52(42-34-30-39(31-35-42)37-18-6-2-7-19-37)56-53(55-51)50-47-26-14-12-24-45(47)49(46-25-13-15-27-48(46)50)44-23-11-10-22-43(44)40-20-8-3-9-21-40/h1-35H. The highest BCUT2D eigenvalue weighted by molar-refractivity contribution is 6.21. The van der Waals surface area contributed by atoms with Crippen molar-refractivity contribution < 1.29 is 0 Å². The summed E-state index contributed by atoms with van der Waals surface area (Å²) in [6.07, 6.45) is 0. The number of aromatic nitrogens is 3. The van der Waals surface area contributed by atoms with E-state index < -0.39 is 0 Å². The molecule has 0 N–H and O–H groups in total. The molecule has 0 unspecified atom stereocenters. The summed E-state index contributed by atoms with van der Waals surface area (Å²) < 4.78 is 0. The second kappa shape index (κ2) is 14.4. The molecule has 0 saturated carbocycles. The number of nitrogens with zero attached hydrogens (tertiary/aromatic N) is 3. The van der Waals surface area contributed by atoms with Crippen LogP contribution in [-0.2, 0) is 0 Å². The average molecular weight is 714 g/mol. The highest BCUT2D eigenvalue weighted by Crippen LogP contribution is 2.45. The van der Waals surface area contributed by atoms with E-state index in [0.29, 0.717) is 17.5 Å². The van der Waals surface area contributed by atoms with Crippen LogP contribution in [0.5, 0.6) is 0 Å².